The summed E-state index contributed by atoms with van der Waals surface area (Å²) >= 11 is 0. The van der Waals surface area contributed by atoms with Crippen LogP contribution in [0, 0.1) is 0 Å². The molecule has 2 aliphatic carbocycles. The van der Waals surface area contributed by atoms with Crippen LogP contribution in [0.2, 0.25) is 0 Å². The Morgan fingerprint density at radius 1 is 0.609 bits per heavy atom. The lowest BCUT2D eigenvalue weighted by Crippen LogP contribution is -2.60. The van der Waals surface area contributed by atoms with Crippen molar-refractivity contribution in [2.75, 3.05) is 26.2 Å². The number of rotatable bonds is 8. The van der Waals surface area contributed by atoms with Gasteiger partial charge in [0, 0.05) is 27.0 Å². The van der Waals surface area contributed by atoms with Gasteiger partial charge in [-0.25, -0.2) is 27.2 Å². The summed E-state index contributed by atoms with van der Waals surface area (Å²) in [5.41, 5.74) is 1.90. The molecule has 6 rings (SSSR count). The molecule has 2 aliphatic heterocycles. The molecule has 0 bridgehead atoms. The minimum atomic E-state index is -2.50. The van der Waals surface area contributed by atoms with Gasteiger partial charge in [-0.1, -0.05) is 60.7 Å². The number of nitrogens with zero attached hydrogens (tertiary/aromatic N) is 2. The van der Waals surface area contributed by atoms with Gasteiger partial charge in [0.05, 0.1) is 26.2 Å². The van der Waals surface area contributed by atoms with Crippen LogP contribution in [-0.2, 0) is 22.7 Å². The molecule has 8 nitrogen and oxygen atoms in total. The Balaban J connectivity index is 0.000000250. The number of carbonyl (C=O) groups is 2. The topological polar surface area (TPSA) is 83.1 Å². The number of nitrogens with one attached hydrogen (secondary N) is 2. The summed E-state index contributed by atoms with van der Waals surface area (Å²) in [5.74, 6) is -5.01. The van der Waals surface area contributed by atoms with Crippen molar-refractivity contribution in [1.82, 2.24) is 20.4 Å². The number of hydrogen-bond acceptors (Lipinski definition) is 6. The molecule has 0 unspecified atom stereocenters. The normalized spacial score (nSPS) is 27.0. The molecule has 46 heavy (non-hydrogen) atoms. The number of alkyl halides is 4. The van der Waals surface area contributed by atoms with Gasteiger partial charge in [0.2, 0.25) is 0 Å². The van der Waals surface area contributed by atoms with Crippen molar-refractivity contribution < 1.29 is 39.5 Å². The summed E-state index contributed by atoms with van der Waals surface area (Å²) in [6.07, 6.45) is 5.82. The highest BCUT2D eigenvalue weighted by molar-refractivity contribution is 5.68. The number of benzene rings is 2. The predicted molar refractivity (Wildman–Crippen MR) is 169 cm³/mol. The van der Waals surface area contributed by atoms with E-state index >= 15 is 0 Å². The van der Waals surface area contributed by atoms with Gasteiger partial charge in [0.1, 0.15) is 13.2 Å². The number of ether oxygens (including phenoxy) is 2. The van der Waals surface area contributed by atoms with Gasteiger partial charge >= 0.3 is 12.2 Å². The highest BCUT2D eigenvalue weighted by Crippen LogP contribution is 2.35. The summed E-state index contributed by atoms with van der Waals surface area (Å²) in [4.78, 5) is 27.3. The molecule has 0 aromatic heterocycles. The van der Waals surface area contributed by atoms with Crippen LogP contribution in [0.1, 0.15) is 65.3 Å². The summed E-state index contributed by atoms with van der Waals surface area (Å²) in [6.45, 7) is 0.0449. The third-order valence-corrected chi connectivity index (χ3v) is 9.23. The van der Waals surface area contributed by atoms with Gasteiger partial charge in [0.25, 0.3) is 11.8 Å². The maximum Gasteiger partial charge on any atom is 0.407 e. The van der Waals surface area contributed by atoms with E-state index in [-0.39, 0.29) is 66.4 Å². The van der Waals surface area contributed by atoms with Crippen LogP contribution in [0.25, 0.3) is 0 Å². The van der Waals surface area contributed by atoms with Crippen molar-refractivity contribution in [2.45, 2.75) is 101 Å². The SMILES string of the molecule is O=C(NC1CCC(N2CC(F)(F)C2)CC1)OCc1ccccc1.O=C(NC1CCC(N2CC(F)(F)C2)CC1)OCc1ccccc1.[HH].[HH]. The van der Waals surface area contributed by atoms with E-state index in [4.69, 9.17) is 9.47 Å². The van der Waals surface area contributed by atoms with Crippen molar-refractivity contribution in [3.05, 3.63) is 71.8 Å². The van der Waals surface area contributed by atoms with E-state index in [9.17, 15) is 27.2 Å². The van der Waals surface area contributed by atoms with E-state index in [1.165, 1.54) is 0 Å². The van der Waals surface area contributed by atoms with E-state index in [0.717, 1.165) is 62.5 Å². The van der Waals surface area contributed by atoms with E-state index in [1.807, 2.05) is 70.5 Å². The zero-order valence-corrected chi connectivity index (χ0v) is 26.0. The van der Waals surface area contributed by atoms with Crippen LogP contribution < -0.4 is 10.6 Å². The second kappa shape index (κ2) is 15.5. The molecule has 4 fully saturated rings. The largest absolute Gasteiger partial charge is 0.445 e. The van der Waals surface area contributed by atoms with Crippen LogP contribution in [0.5, 0.6) is 0 Å². The Hall–Kier alpha value is -3.38. The fraction of sp³-hybridized carbons (Fsp3) is 0.588. The van der Waals surface area contributed by atoms with Crippen LogP contribution in [0.3, 0.4) is 0 Å². The van der Waals surface area contributed by atoms with Crippen LogP contribution in [-0.4, -0.2) is 84.2 Å². The predicted octanol–water partition coefficient (Wildman–Crippen LogP) is 6.84. The first-order valence-corrected chi connectivity index (χ1v) is 16.2. The second-order valence-corrected chi connectivity index (χ2v) is 12.9. The molecular weight excluding hydrogens is 604 g/mol. The molecule has 12 heteroatoms. The van der Waals surface area contributed by atoms with E-state index in [1.54, 1.807) is 0 Å². The van der Waals surface area contributed by atoms with Crippen molar-refractivity contribution in [1.29, 1.82) is 0 Å². The minimum absolute atomic E-state index is 0. The average molecular weight is 653 g/mol. The van der Waals surface area contributed by atoms with Gasteiger partial charge in [-0.2, -0.15) is 0 Å². The lowest BCUT2D eigenvalue weighted by atomic mass is 9.88. The van der Waals surface area contributed by atoms with Gasteiger partial charge < -0.3 is 20.1 Å². The Morgan fingerprint density at radius 3 is 1.24 bits per heavy atom. The average Bonchev–Trinajstić information content (AvgIpc) is 3.03. The van der Waals surface area contributed by atoms with E-state index in [0.29, 0.717) is 0 Å². The van der Waals surface area contributed by atoms with Crippen LogP contribution >= 0.6 is 0 Å². The van der Waals surface area contributed by atoms with Gasteiger partial charge in [-0.05, 0) is 62.5 Å². The highest BCUT2D eigenvalue weighted by atomic mass is 19.3. The van der Waals surface area contributed by atoms with Crippen LogP contribution in [0.15, 0.2) is 60.7 Å². The number of likely N-dealkylation sites (tertiary alicyclic amines) is 2. The Morgan fingerprint density at radius 2 is 0.935 bits per heavy atom. The number of alkyl carbamates (subject to hydrolysis) is 2. The summed E-state index contributed by atoms with van der Waals surface area (Å²) in [6, 6.07) is 19.7. The molecule has 0 atom stereocenters. The monoisotopic (exact) mass is 652 g/mol. The molecule has 4 aliphatic rings. The van der Waals surface area contributed by atoms with Gasteiger partial charge in [0.15, 0.2) is 0 Å². The highest BCUT2D eigenvalue weighted by Gasteiger charge is 2.48. The number of carbonyl (C=O) groups excluding carboxylic acids is 2. The first-order chi connectivity index (χ1) is 22.0. The molecule has 2 aromatic rings. The first-order valence-electron chi connectivity index (χ1n) is 16.2. The number of amides is 2. The third-order valence-electron chi connectivity index (χ3n) is 9.23. The lowest BCUT2D eigenvalue weighted by molar-refractivity contribution is -0.150. The fourth-order valence-electron chi connectivity index (χ4n) is 6.65. The Labute approximate surface area is 270 Å². The molecule has 2 N–H and O–H groups in total. The molecule has 256 valence electrons. The van der Waals surface area contributed by atoms with Crippen molar-refractivity contribution in [3.63, 3.8) is 0 Å². The van der Waals surface area contributed by atoms with E-state index in [2.05, 4.69) is 10.6 Å². The Bertz CT molecular complexity index is 1150. The van der Waals surface area contributed by atoms with Gasteiger partial charge in [-0.15, -0.1) is 0 Å². The molecule has 2 aromatic carbocycles. The molecule has 0 radical (unpaired) electrons. The number of halogens is 4. The Kier molecular flexibility index (Phi) is 11.4. The fourth-order valence-corrected chi connectivity index (χ4v) is 6.65. The van der Waals surface area contributed by atoms with Gasteiger partial charge in [-0.3, -0.25) is 9.80 Å². The molecule has 0 spiro atoms. The quantitative estimate of drug-likeness (QED) is 0.304. The smallest absolute Gasteiger partial charge is 0.407 e. The standard InChI is InChI=1S/2C17H22F2N2O2.2H2/c2*18-17(19)11-21(12-17)15-8-6-14(7-9-15)20-16(22)23-10-13-4-2-1-3-5-13;;/h2*1-5,14-15H,6-12H2,(H,20,22);2*1H. The minimum Gasteiger partial charge on any atom is -0.445 e. The number of hydrogen-bond donors (Lipinski definition) is 2. The summed E-state index contributed by atoms with van der Waals surface area (Å²) in [5, 5.41) is 5.75. The van der Waals surface area contributed by atoms with E-state index < -0.39 is 24.0 Å². The third kappa shape index (κ3) is 10.3. The zero-order chi connectivity index (χ0) is 32.6. The molecular formula is C34H48F4N4O4. The molecule has 2 saturated heterocycles. The molecule has 2 heterocycles. The second-order valence-electron chi connectivity index (χ2n) is 12.9. The van der Waals surface area contributed by atoms with Crippen molar-refractivity contribution >= 4 is 12.2 Å². The molecule has 2 saturated carbocycles. The maximum atomic E-state index is 12.9. The molecule has 2 amide bonds. The lowest BCUT2D eigenvalue weighted by Gasteiger charge is -2.46. The summed E-state index contributed by atoms with van der Waals surface area (Å²) < 4.78 is 62.0. The van der Waals surface area contributed by atoms with Crippen molar-refractivity contribution in [3.8, 4) is 0 Å². The van der Waals surface area contributed by atoms with Crippen molar-refractivity contribution in [2.24, 2.45) is 0 Å². The van der Waals surface area contributed by atoms with Crippen LogP contribution in [0.4, 0.5) is 27.2 Å². The summed E-state index contributed by atoms with van der Waals surface area (Å²) in [7, 11) is 0. The maximum absolute atomic E-state index is 12.9. The zero-order valence-electron chi connectivity index (χ0n) is 26.0. The first kappa shape index (κ1) is 34.0.